The lowest BCUT2D eigenvalue weighted by molar-refractivity contribution is 1.34. The first-order valence-corrected chi connectivity index (χ1v) is 8.30. The number of benzene rings is 3. The summed E-state index contributed by atoms with van der Waals surface area (Å²) in [4.78, 5) is 0. The summed E-state index contributed by atoms with van der Waals surface area (Å²) < 4.78 is 0. The highest BCUT2D eigenvalue weighted by molar-refractivity contribution is 5.68. The molecule has 0 fully saturated rings. The van der Waals surface area contributed by atoms with E-state index in [0.29, 0.717) is 0 Å². The van der Waals surface area contributed by atoms with Crippen molar-refractivity contribution in [1.29, 1.82) is 0 Å². The van der Waals surface area contributed by atoms with Gasteiger partial charge in [0.25, 0.3) is 0 Å². The minimum absolute atomic E-state index is 1.09. The smallest absolute Gasteiger partial charge is 0.0414 e. The molecule has 0 bridgehead atoms. The maximum absolute atomic E-state index is 3.48. The molecular weight excluding hydrogens is 292 g/mol. The predicted octanol–water partition coefficient (Wildman–Crippen LogP) is 6.41. The van der Waals surface area contributed by atoms with Gasteiger partial charge in [-0.25, -0.2) is 0 Å². The number of hydrogen-bond donors (Lipinski definition) is 2. The summed E-state index contributed by atoms with van der Waals surface area (Å²) in [5.74, 6) is 0. The van der Waals surface area contributed by atoms with Gasteiger partial charge >= 0.3 is 0 Å². The third-order valence-corrected chi connectivity index (χ3v) is 4.34. The fraction of sp³-hybridized carbons (Fsp3) is 0.182. The van der Waals surface area contributed by atoms with Crippen LogP contribution < -0.4 is 10.6 Å². The molecule has 0 aromatic heterocycles. The van der Waals surface area contributed by atoms with Gasteiger partial charge < -0.3 is 10.6 Å². The fourth-order valence-corrected chi connectivity index (χ4v) is 2.73. The van der Waals surface area contributed by atoms with Crippen LogP contribution in [-0.2, 0) is 0 Å². The van der Waals surface area contributed by atoms with Gasteiger partial charge in [-0.1, -0.05) is 23.8 Å². The van der Waals surface area contributed by atoms with Gasteiger partial charge in [0.15, 0.2) is 0 Å². The molecule has 2 N–H and O–H groups in total. The molecule has 0 aliphatic rings. The zero-order chi connectivity index (χ0) is 17.1. The molecule has 0 aliphatic carbocycles. The van der Waals surface area contributed by atoms with Gasteiger partial charge in [-0.15, -0.1) is 0 Å². The summed E-state index contributed by atoms with van der Waals surface area (Å²) in [6.07, 6.45) is 0. The van der Waals surface area contributed by atoms with Crippen molar-refractivity contribution < 1.29 is 0 Å². The second-order valence-electron chi connectivity index (χ2n) is 6.44. The second kappa shape index (κ2) is 6.79. The van der Waals surface area contributed by atoms with Crippen LogP contribution in [0.5, 0.6) is 0 Å². The van der Waals surface area contributed by atoms with E-state index in [9.17, 15) is 0 Å². The summed E-state index contributed by atoms with van der Waals surface area (Å²) in [7, 11) is 0. The molecule has 0 saturated heterocycles. The van der Waals surface area contributed by atoms with Crippen molar-refractivity contribution in [2.45, 2.75) is 27.7 Å². The van der Waals surface area contributed by atoms with Crippen LogP contribution in [0.2, 0.25) is 0 Å². The third-order valence-electron chi connectivity index (χ3n) is 4.34. The van der Waals surface area contributed by atoms with E-state index in [-0.39, 0.29) is 0 Å². The van der Waals surface area contributed by atoms with Crippen molar-refractivity contribution in [3.63, 3.8) is 0 Å². The molecule has 0 aliphatic heterocycles. The lowest BCUT2D eigenvalue weighted by Gasteiger charge is -2.12. The van der Waals surface area contributed by atoms with Crippen molar-refractivity contribution in [3.8, 4) is 0 Å². The Kier molecular flexibility index (Phi) is 4.57. The Morgan fingerprint density at radius 3 is 1.75 bits per heavy atom. The first kappa shape index (κ1) is 16.1. The van der Waals surface area contributed by atoms with E-state index < -0.39 is 0 Å². The van der Waals surface area contributed by atoms with Crippen molar-refractivity contribution >= 4 is 22.7 Å². The lowest BCUT2D eigenvalue weighted by Crippen LogP contribution is -1.95. The average Bonchev–Trinajstić information content (AvgIpc) is 2.55. The summed E-state index contributed by atoms with van der Waals surface area (Å²) in [6, 6.07) is 21.3. The van der Waals surface area contributed by atoms with E-state index >= 15 is 0 Å². The molecule has 0 heterocycles. The Balaban J connectivity index is 1.72. The van der Waals surface area contributed by atoms with Gasteiger partial charge in [-0.3, -0.25) is 0 Å². The molecule has 0 radical (unpaired) electrons. The molecule has 3 rings (SSSR count). The summed E-state index contributed by atoms with van der Waals surface area (Å²) in [5, 5.41) is 6.93. The second-order valence-corrected chi connectivity index (χ2v) is 6.44. The van der Waals surface area contributed by atoms with Crippen molar-refractivity contribution in [1.82, 2.24) is 0 Å². The number of rotatable bonds is 4. The van der Waals surface area contributed by atoms with Gasteiger partial charge in [-0.2, -0.15) is 0 Å². The third kappa shape index (κ3) is 3.77. The highest BCUT2D eigenvalue weighted by Crippen LogP contribution is 2.24. The maximum atomic E-state index is 3.48. The topological polar surface area (TPSA) is 24.1 Å². The molecule has 0 atom stereocenters. The van der Waals surface area contributed by atoms with Crippen LogP contribution in [0.3, 0.4) is 0 Å². The summed E-state index contributed by atoms with van der Waals surface area (Å²) >= 11 is 0. The van der Waals surface area contributed by atoms with Gasteiger partial charge in [0.1, 0.15) is 0 Å². The Morgan fingerprint density at radius 2 is 1.12 bits per heavy atom. The van der Waals surface area contributed by atoms with E-state index in [1.54, 1.807) is 0 Å². The molecule has 122 valence electrons. The van der Waals surface area contributed by atoms with Crippen LogP contribution in [0.15, 0.2) is 60.7 Å². The first-order valence-electron chi connectivity index (χ1n) is 8.30. The van der Waals surface area contributed by atoms with Crippen LogP contribution in [0.25, 0.3) is 0 Å². The molecule has 0 unspecified atom stereocenters. The normalized spacial score (nSPS) is 10.5. The van der Waals surface area contributed by atoms with Gasteiger partial charge in [0, 0.05) is 22.7 Å². The molecule has 0 spiro atoms. The lowest BCUT2D eigenvalue weighted by atomic mass is 10.1. The van der Waals surface area contributed by atoms with E-state index in [2.05, 4.69) is 99.0 Å². The predicted molar refractivity (Wildman–Crippen MR) is 105 cm³/mol. The van der Waals surface area contributed by atoms with Gasteiger partial charge in [0.2, 0.25) is 0 Å². The number of hydrogen-bond acceptors (Lipinski definition) is 2. The SMILES string of the molecule is Cc1ccc(Nc2ccc(Nc3ccc(C)c(C)c3)cc2)c(C)c1. The molecule has 0 saturated carbocycles. The van der Waals surface area contributed by atoms with Crippen LogP contribution in [0.1, 0.15) is 22.3 Å². The molecular formula is C22H24N2. The Labute approximate surface area is 144 Å². The summed E-state index contributed by atoms with van der Waals surface area (Å²) in [6.45, 7) is 8.51. The highest BCUT2D eigenvalue weighted by atomic mass is 14.9. The van der Waals surface area contributed by atoms with E-state index in [4.69, 9.17) is 0 Å². The molecule has 2 nitrogen and oxygen atoms in total. The standard InChI is InChI=1S/C22H24N2/c1-15-5-12-22(18(4)13-15)24-20-10-8-19(9-11-20)23-21-7-6-16(2)17(3)14-21/h5-14,23-24H,1-4H3. The zero-order valence-corrected chi connectivity index (χ0v) is 14.8. The van der Waals surface area contributed by atoms with Crippen LogP contribution in [0, 0.1) is 27.7 Å². The Hall–Kier alpha value is -2.74. The minimum atomic E-state index is 1.09. The first-order chi connectivity index (χ1) is 11.5. The Bertz CT molecular complexity index is 848. The van der Waals surface area contributed by atoms with Crippen molar-refractivity contribution in [2.24, 2.45) is 0 Å². The highest BCUT2D eigenvalue weighted by Gasteiger charge is 2.01. The van der Waals surface area contributed by atoms with E-state index in [0.717, 1.165) is 22.7 Å². The monoisotopic (exact) mass is 316 g/mol. The van der Waals surface area contributed by atoms with E-state index in [1.165, 1.54) is 22.3 Å². The maximum Gasteiger partial charge on any atom is 0.0414 e. The van der Waals surface area contributed by atoms with Crippen LogP contribution in [-0.4, -0.2) is 0 Å². The van der Waals surface area contributed by atoms with Gasteiger partial charge in [0.05, 0.1) is 0 Å². The Morgan fingerprint density at radius 1 is 0.500 bits per heavy atom. The molecule has 3 aromatic rings. The largest absolute Gasteiger partial charge is 0.356 e. The quantitative estimate of drug-likeness (QED) is 0.581. The number of anilines is 4. The van der Waals surface area contributed by atoms with E-state index in [1.807, 2.05) is 0 Å². The molecule has 0 amide bonds. The zero-order valence-electron chi connectivity index (χ0n) is 14.8. The van der Waals surface area contributed by atoms with Gasteiger partial charge in [-0.05, 0) is 86.8 Å². The average molecular weight is 316 g/mol. The molecule has 3 aromatic carbocycles. The summed E-state index contributed by atoms with van der Waals surface area (Å²) in [5.41, 5.74) is 9.60. The van der Waals surface area contributed by atoms with Crippen LogP contribution in [0.4, 0.5) is 22.7 Å². The van der Waals surface area contributed by atoms with Crippen LogP contribution >= 0.6 is 0 Å². The number of aryl methyl sites for hydroxylation is 4. The molecule has 24 heavy (non-hydrogen) atoms. The minimum Gasteiger partial charge on any atom is -0.356 e. The molecule has 2 heteroatoms. The van der Waals surface area contributed by atoms with Crippen molar-refractivity contribution in [3.05, 3.63) is 82.9 Å². The van der Waals surface area contributed by atoms with Crippen molar-refractivity contribution in [2.75, 3.05) is 10.6 Å². The number of nitrogens with one attached hydrogen (secondary N) is 2. The fourth-order valence-electron chi connectivity index (χ4n) is 2.73.